The van der Waals surface area contributed by atoms with E-state index in [1.165, 1.54) is 0 Å². The number of rotatable bonds is 4. The van der Waals surface area contributed by atoms with Crippen LogP contribution in [0.4, 0.5) is 0 Å². The Balaban J connectivity index is 2.19. The van der Waals surface area contributed by atoms with Crippen LogP contribution in [-0.2, 0) is 10.0 Å². The Morgan fingerprint density at radius 3 is 2.33 bits per heavy atom. The molecule has 0 radical (unpaired) electrons. The average molecular weight is 312 g/mol. The van der Waals surface area contributed by atoms with Gasteiger partial charge in [-0.3, -0.25) is 0 Å². The molecule has 1 aromatic rings. The first kappa shape index (κ1) is 16.3. The van der Waals surface area contributed by atoms with E-state index >= 15 is 0 Å². The van der Waals surface area contributed by atoms with Gasteiger partial charge in [0.2, 0.25) is 10.0 Å². The van der Waals surface area contributed by atoms with Gasteiger partial charge in [-0.05, 0) is 52.1 Å². The monoisotopic (exact) mass is 312 g/mol. The van der Waals surface area contributed by atoms with E-state index in [0.717, 1.165) is 13.1 Å². The molecule has 0 N–H and O–H groups in total. The fraction of sp³-hybridized carbons (Fsp3) is 0.600. The summed E-state index contributed by atoms with van der Waals surface area (Å²) in [4.78, 5) is 2.48. The highest BCUT2D eigenvalue weighted by Gasteiger charge is 2.32. The van der Waals surface area contributed by atoms with Crippen molar-refractivity contribution in [3.05, 3.63) is 24.3 Å². The molecule has 21 heavy (non-hydrogen) atoms. The molecule has 1 saturated heterocycles. The molecule has 1 aromatic carbocycles. The molecule has 1 atom stereocenters. The molecule has 1 aliphatic rings. The van der Waals surface area contributed by atoms with E-state index in [4.69, 9.17) is 4.74 Å². The lowest BCUT2D eigenvalue weighted by atomic mass is 10.2. The van der Waals surface area contributed by atoms with E-state index in [2.05, 4.69) is 4.90 Å². The fourth-order valence-corrected chi connectivity index (χ4v) is 4.19. The minimum Gasteiger partial charge on any atom is -0.491 e. The van der Waals surface area contributed by atoms with Gasteiger partial charge in [0.05, 0.1) is 11.0 Å². The molecule has 1 fully saturated rings. The number of hydrogen-bond donors (Lipinski definition) is 0. The van der Waals surface area contributed by atoms with Crippen molar-refractivity contribution >= 4 is 10.0 Å². The largest absolute Gasteiger partial charge is 0.491 e. The number of nitrogens with zero attached hydrogens (tertiary/aromatic N) is 2. The molecule has 2 rings (SSSR count). The number of sulfonamides is 1. The third-order valence-corrected chi connectivity index (χ3v) is 5.60. The van der Waals surface area contributed by atoms with Crippen molar-refractivity contribution in [1.29, 1.82) is 0 Å². The molecular formula is C15H24N2O3S. The Kier molecular flexibility index (Phi) is 4.91. The first-order valence-electron chi connectivity index (χ1n) is 7.28. The van der Waals surface area contributed by atoms with Crippen molar-refractivity contribution in [1.82, 2.24) is 9.21 Å². The van der Waals surface area contributed by atoms with Crippen molar-refractivity contribution in [3.8, 4) is 5.75 Å². The van der Waals surface area contributed by atoms with Crippen molar-refractivity contribution < 1.29 is 13.2 Å². The van der Waals surface area contributed by atoms with Crippen LogP contribution < -0.4 is 4.74 Å². The van der Waals surface area contributed by atoms with Gasteiger partial charge >= 0.3 is 0 Å². The highest BCUT2D eigenvalue weighted by Crippen LogP contribution is 2.23. The van der Waals surface area contributed by atoms with Gasteiger partial charge in [0.25, 0.3) is 0 Å². The van der Waals surface area contributed by atoms with Gasteiger partial charge in [0.15, 0.2) is 0 Å². The molecule has 0 saturated carbocycles. The molecule has 0 aliphatic carbocycles. The molecule has 1 unspecified atom stereocenters. The van der Waals surface area contributed by atoms with Crippen LogP contribution in [0.25, 0.3) is 0 Å². The molecule has 5 nitrogen and oxygen atoms in total. The quantitative estimate of drug-likeness (QED) is 0.850. The molecule has 1 heterocycles. The summed E-state index contributed by atoms with van der Waals surface area (Å²) in [5, 5.41) is 0. The van der Waals surface area contributed by atoms with E-state index in [1.54, 1.807) is 28.6 Å². The topological polar surface area (TPSA) is 49.9 Å². The minimum absolute atomic E-state index is 0.0136. The van der Waals surface area contributed by atoms with Gasteiger partial charge < -0.3 is 9.64 Å². The Bertz CT molecular complexity index is 569. The Morgan fingerprint density at radius 2 is 1.81 bits per heavy atom. The van der Waals surface area contributed by atoms with Crippen molar-refractivity contribution in [2.75, 3.05) is 26.7 Å². The summed E-state index contributed by atoms with van der Waals surface area (Å²) in [7, 11) is -1.42. The maximum atomic E-state index is 12.7. The normalized spacial score (nSPS) is 21.7. The highest BCUT2D eigenvalue weighted by molar-refractivity contribution is 7.89. The van der Waals surface area contributed by atoms with Gasteiger partial charge in [-0.2, -0.15) is 4.31 Å². The standard InChI is InChI=1S/C15H24N2O3S/c1-12(2)20-14-5-7-15(8-6-14)21(18,19)17-10-9-16(4)11-13(17)3/h5-8,12-13H,9-11H2,1-4H3. The summed E-state index contributed by atoms with van der Waals surface area (Å²) < 4.78 is 32.5. The molecule has 0 bridgehead atoms. The van der Waals surface area contributed by atoms with Gasteiger partial charge in [-0.15, -0.1) is 0 Å². The number of ether oxygens (including phenoxy) is 1. The first-order chi connectivity index (χ1) is 9.80. The van der Waals surface area contributed by atoms with Crippen LogP contribution in [0.3, 0.4) is 0 Å². The predicted molar refractivity (Wildman–Crippen MR) is 83.1 cm³/mol. The van der Waals surface area contributed by atoms with Gasteiger partial charge in [-0.1, -0.05) is 0 Å². The molecule has 6 heteroatoms. The highest BCUT2D eigenvalue weighted by atomic mass is 32.2. The average Bonchev–Trinajstić information content (AvgIpc) is 2.38. The van der Waals surface area contributed by atoms with Crippen molar-refractivity contribution in [3.63, 3.8) is 0 Å². The summed E-state index contributed by atoms with van der Waals surface area (Å²) in [6.07, 6.45) is 0.0742. The SMILES string of the molecule is CC(C)Oc1ccc(S(=O)(=O)N2CCN(C)CC2C)cc1. The zero-order chi connectivity index (χ0) is 15.6. The number of piperazine rings is 1. The Labute approximate surface area is 127 Å². The lowest BCUT2D eigenvalue weighted by molar-refractivity contribution is 0.170. The van der Waals surface area contributed by atoms with Crippen molar-refractivity contribution in [2.45, 2.75) is 37.8 Å². The smallest absolute Gasteiger partial charge is 0.243 e. The lowest BCUT2D eigenvalue weighted by Crippen LogP contribution is -2.52. The number of likely N-dealkylation sites (N-methyl/N-ethyl adjacent to an activating group) is 1. The zero-order valence-corrected chi connectivity index (χ0v) is 13.9. The van der Waals surface area contributed by atoms with Crippen LogP contribution in [0.1, 0.15) is 20.8 Å². The number of hydrogen-bond acceptors (Lipinski definition) is 4. The summed E-state index contributed by atoms with van der Waals surface area (Å²) in [5.41, 5.74) is 0. The maximum Gasteiger partial charge on any atom is 0.243 e. The van der Waals surface area contributed by atoms with Crippen LogP contribution >= 0.6 is 0 Å². The third kappa shape index (κ3) is 3.75. The minimum atomic E-state index is -3.43. The van der Waals surface area contributed by atoms with E-state index in [9.17, 15) is 8.42 Å². The molecule has 0 amide bonds. The first-order valence-corrected chi connectivity index (χ1v) is 8.72. The zero-order valence-electron chi connectivity index (χ0n) is 13.1. The van der Waals surface area contributed by atoms with Gasteiger partial charge in [0, 0.05) is 25.7 Å². The lowest BCUT2D eigenvalue weighted by Gasteiger charge is -2.37. The van der Waals surface area contributed by atoms with Crippen LogP contribution in [-0.4, -0.2) is 56.5 Å². The van der Waals surface area contributed by atoms with Crippen LogP contribution in [0.15, 0.2) is 29.2 Å². The van der Waals surface area contributed by atoms with E-state index < -0.39 is 10.0 Å². The van der Waals surface area contributed by atoms with E-state index in [0.29, 0.717) is 17.2 Å². The van der Waals surface area contributed by atoms with Gasteiger partial charge in [0.1, 0.15) is 5.75 Å². The van der Waals surface area contributed by atoms with E-state index in [-0.39, 0.29) is 12.1 Å². The van der Waals surface area contributed by atoms with Gasteiger partial charge in [-0.25, -0.2) is 8.42 Å². The second kappa shape index (κ2) is 6.34. The summed E-state index contributed by atoms with van der Waals surface area (Å²) in [5.74, 6) is 0.690. The predicted octanol–water partition coefficient (Wildman–Crippen LogP) is 1.80. The molecule has 1 aliphatic heterocycles. The summed E-state index contributed by atoms with van der Waals surface area (Å²) >= 11 is 0. The molecular weight excluding hydrogens is 288 g/mol. The molecule has 0 aromatic heterocycles. The Morgan fingerprint density at radius 1 is 1.19 bits per heavy atom. The fourth-order valence-electron chi connectivity index (χ4n) is 2.58. The van der Waals surface area contributed by atoms with E-state index in [1.807, 2.05) is 27.8 Å². The third-order valence-electron chi connectivity index (χ3n) is 3.57. The maximum absolute atomic E-state index is 12.7. The van der Waals surface area contributed by atoms with Crippen LogP contribution in [0.5, 0.6) is 5.75 Å². The Hall–Kier alpha value is -1.11. The summed E-state index contributed by atoms with van der Waals surface area (Å²) in [6, 6.07) is 6.66. The second-order valence-corrected chi connectivity index (χ2v) is 7.76. The summed E-state index contributed by atoms with van der Waals surface area (Å²) in [6.45, 7) is 7.88. The number of benzene rings is 1. The van der Waals surface area contributed by atoms with Crippen molar-refractivity contribution in [2.24, 2.45) is 0 Å². The second-order valence-electron chi connectivity index (χ2n) is 5.87. The van der Waals surface area contributed by atoms with Crippen LogP contribution in [0, 0.1) is 0 Å². The molecule has 0 spiro atoms. The van der Waals surface area contributed by atoms with Crippen LogP contribution in [0.2, 0.25) is 0 Å². The molecule has 118 valence electrons.